The first kappa shape index (κ1) is 15.3. The molecular weight excluding hydrogens is 284 g/mol. The van der Waals surface area contributed by atoms with Crippen molar-refractivity contribution in [3.63, 3.8) is 0 Å². The van der Waals surface area contributed by atoms with Gasteiger partial charge in [0.2, 0.25) is 0 Å². The zero-order chi connectivity index (χ0) is 16.2. The second kappa shape index (κ2) is 6.69. The summed E-state index contributed by atoms with van der Waals surface area (Å²) in [4.78, 5) is 12.6. The largest absolute Gasteiger partial charge is 0.284 e. The van der Waals surface area contributed by atoms with Gasteiger partial charge in [-0.2, -0.15) is 0 Å². The molecule has 3 heteroatoms. The molecule has 0 radical (unpaired) electrons. The molecule has 118 valence electrons. The highest BCUT2D eigenvalue weighted by molar-refractivity contribution is 5.80. The minimum absolute atomic E-state index is 0.0243. The fraction of sp³-hybridized carbons (Fsp3) is 0.250. The number of unbranched alkanes of at least 4 members (excludes halogenated alkanes) is 1. The van der Waals surface area contributed by atoms with E-state index in [0.29, 0.717) is 0 Å². The molecule has 0 saturated carbocycles. The van der Waals surface area contributed by atoms with Gasteiger partial charge < -0.3 is 0 Å². The molecular formula is C20H22N2O. The number of aromatic nitrogens is 2. The van der Waals surface area contributed by atoms with Crippen LogP contribution >= 0.6 is 0 Å². The van der Waals surface area contributed by atoms with E-state index in [2.05, 4.69) is 37.1 Å². The molecule has 2 aromatic carbocycles. The number of aromatic amines is 1. The SMILES string of the molecule is CCCCn1[nH]c(=O)c(-c2ccccc2)c1-c1cccc(C)c1. The van der Waals surface area contributed by atoms with Crippen molar-refractivity contribution >= 4 is 0 Å². The van der Waals surface area contributed by atoms with Crippen LogP contribution in [-0.2, 0) is 6.54 Å². The summed E-state index contributed by atoms with van der Waals surface area (Å²) in [5.41, 5.74) is 4.95. The van der Waals surface area contributed by atoms with Gasteiger partial charge in [-0.25, -0.2) is 0 Å². The van der Waals surface area contributed by atoms with Crippen LogP contribution in [0, 0.1) is 6.92 Å². The normalized spacial score (nSPS) is 10.9. The fourth-order valence-corrected chi connectivity index (χ4v) is 2.93. The van der Waals surface area contributed by atoms with Crippen LogP contribution < -0.4 is 5.56 Å². The highest BCUT2D eigenvalue weighted by Crippen LogP contribution is 2.30. The van der Waals surface area contributed by atoms with E-state index in [-0.39, 0.29) is 5.56 Å². The molecule has 0 saturated heterocycles. The molecule has 0 fully saturated rings. The van der Waals surface area contributed by atoms with Crippen molar-refractivity contribution in [3.8, 4) is 22.4 Å². The second-order valence-electron chi connectivity index (χ2n) is 5.91. The summed E-state index contributed by atoms with van der Waals surface area (Å²) in [5.74, 6) is 0. The number of hydrogen-bond acceptors (Lipinski definition) is 1. The number of nitrogens with one attached hydrogen (secondary N) is 1. The molecule has 0 unspecified atom stereocenters. The first-order chi connectivity index (χ1) is 11.2. The smallest absolute Gasteiger partial charge is 0.272 e. The molecule has 23 heavy (non-hydrogen) atoms. The van der Waals surface area contributed by atoms with E-state index in [0.717, 1.165) is 41.8 Å². The van der Waals surface area contributed by atoms with Gasteiger partial charge in [-0.3, -0.25) is 14.6 Å². The van der Waals surface area contributed by atoms with Crippen LogP contribution in [0.3, 0.4) is 0 Å². The van der Waals surface area contributed by atoms with Gasteiger partial charge >= 0.3 is 0 Å². The van der Waals surface area contributed by atoms with Gasteiger partial charge in [0, 0.05) is 12.1 Å². The summed E-state index contributed by atoms with van der Waals surface area (Å²) < 4.78 is 2.00. The van der Waals surface area contributed by atoms with E-state index in [9.17, 15) is 4.79 Å². The van der Waals surface area contributed by atoms with E-state index in [1.807, 2.05) is 41.1 Å². The maximum absolute atomic E-state index is 12.6. The topological polar surface area (TPSA) is 37.8 Å². The van der Waals surface area contributed by atoms with E-state index in [4.69, 9.17) is 0 Å². The van der Waals surface area contributed by atoms with E-state index in [1.54, 1.807) is 0 Å². The predicted octanol–water partition coefficient (Wildman–Crippen LogP) is 4.62. The third-order valence-electron chi connectivity index (χ3n) is 4.06. The highest BCUT2D eigenvalue weighted by Gasteiger charge is 2.18. The maximum Gasteiger partial charge on any atom is 0.272 e. The predicted molar refractivity (Wildman–Crippen MR) is 95.6 cm³/mol. The molecule has 0 aliphatic rings. The molecule has 0 aliphatic heterocycles. The molecule has 3 nitrogen and oxygen atoms in total. The van der Waals surface area contributed by atoms with Gasteiger partial charge in [0.05, 0.1) is 11.3 Å². The van der Waals surface area contributed by atoms with Crippen molar-refractivity contribution in [2.24, 2.45) is 0 Å². The van der Waals surface area contributed by atoms with Crippen molar-refractivity contribution in [2.45, 2.75) is 33.2 Å². The maximum atomic E-state index is 12.6. The number of nitrogens with zero attached hydrogens (tertiary/aromatic N) is 1. The second-order valence-corrected chi connectivity index (χ2v) is 5.91. The first-order valence-corrected chi connectivity index (χ1v) is 8.16. The number of aryl methyl sites for hydroxylation is 2. The first-order valence-electron chi connectivity index (χ1n) is 8.16. The Labute approximate surface area is 136 Å². The van der Waals surface area contributed by atoms with Crippen molar-refractivity contribution < 1.29 is 0 Å². The Bertz CT molecular complexity index is 844. The zero-order valence-corrected chi connectivity index (χ0v) is 13.7. The number of hydrogen-bond donors (Lipinski definition) is 1. The lowest BCUT2D eigenvalue weighted by molar-refractivity contribution is 0.573. The minimum atomic E-state index is -0.0243. The summed E-state index contributed by atoms with van der Waals surface area (Å²) in [6.45, 7) is 5.06. The quantitative estimate of drug-likeness (QED) is 0.734. The number of H-pyrrole nitrogens is 1. The third-order valence-corrected chi connectivity index (χ3v) is 4.06. The van der Waals surface area contributed by atoms with Crippen LogP contribution in [0.1, 0.15) is 25.3 Å². The average Bonchev–Trinajstić information content (AvgIpc) is 2.90. The number of benzene rings is 2. The molecule has 3 rings (SSSR count). The average molecular weight is 306 g/mol. The van der Waals surface area contributed by atoms with E-state index < -0.39 is 0 Å². The zero-order valence-electron chi connectivity index (χ0n) is 13.7. The summed E-state index contributed by atoms with van der Waals surface area (Å²) in [5, 5.41) is 3.03. The Morgan fingerprint density at radius 2 is 1.74 bits per heavy atom. The third kappa shape index (κ3) is 3.14. The van der Waals surface area contributed by atoms with Crippen LogP contribution in [0.15, 0.2) is 59.4 Å². The Morgan fingerprint density at radius 3 is 2.43 bits per heavy atom. The molecule has 0 bridgehead atoms. The van der Waals surface area contributed by atoms with Gasteiger partial charge in [-0.1, -0.05) is 67.4 Å². The Hall–Kier alpha value is -2.55. The van der Waals surface area contributed by atoms with Gasteiger partial charge in [-0.15, -0.1) is 0 Å². The number of rotatable bonds is 5. The van der Waals surface area contributed by atoms with Gasteiger partial charge in [-0.05, 0) is 25.0 Å². The van der Waals surface area contributed by atoms with Crippen molar-refractivity contribution in [1.82, 2.24) is 9.78 Å². The highest BCUT2D eigenvalue weighted by atomic mass is 16.1. The Morgan fingerprint density at radius 1 is 1.00 bits per heavy atom. The van der Waals surface area contributed by atoms with Crippen LogP contribution in [0.4, 0.5) is 0 Å². The van der Waals surface area contributed by atoms with Crippen molar-refractivity contribution in [2.75, 3.05) is 0 Å². The molecule has 1 N–H and O–H groups in total. The van der Waals surface area contributed by atoms with E-state index in [1.165, 1.54) is 5.56 Å². The molecule has 1 aromatic heterocycles. The summed E-state index contributed by atoms with van der Waals surface area (Å²) >= 11 is 0. The monoisotopic (exact) mass is 306 g/mol. The minimum Gasteiger partial charge on any atom is -0.284 e. The van der Waals surface area contributed by atoms with Crippen LogP contribution in [0.5, 0.6) is 0 Å². The van der Waals surface area contributed by atoms with E-state index >= 15 is 0 Å². The van der Waals surface area contributed by atoms with Crippen molar-refractivity contribution in [3.05, 3.63) is 70.5 Å². The lowest BCUT2D eigenvalue weighted by Crippen LogP contribution is -2.07. The summed E-state index contributed by atoms with van der Waals surface area (Å²) in [6, 6.07) is 18.2. The molecule has 3 aromatic rings. The summed E-state index contributed by atoms with van der Waals surface area (Å²) in [6.07, 6.45) is 2.13. The molecule has 0 spiro atoms. The van der Waals surface area contributed by atoms with Gasteiger partial charge in [0.25, 0.3) is 5.56 Å². The Balaban J connectivity index is 2.23. The van der Waals surface area contributed by atoms with Gasteiger partial charge in [0.15, 0.2) is 0 Å². The lowest BCUT2D eigenvalue weighted by atomic mass is 10.00. The Kier molecular flexibility index (Phi) is 4.47. The lowest BCUT2D eigenvalue weighted by Gasteiger charge is -2.11. The molecule has 0 atom stereocenters. The van der Waals surface area contributed by atoms with Crippen LogP contribution in [0.2, 0.25) is 0 Å². The van der Waals surface area contributed by atoms with Crippen LogP contribution in [-0.4, -0.2) is 9.78 Å². The van der Waals surface area contributed by atoms with Gasteiger partial charge in [0.1, 0.15) is 0 Å². The molecule has 1 heterocycles. The fourth-order valence-electron chi connectivity index (χ4n) is 2.93. The molecule has 0 aliphatic carbocycles. The standard InChI is InChI=1S/C20H22N2O/c1-3-4-13-22-19(17-12-8-9-15(2)14-17)18(20(23)21-22)16-10-6-5-7-11-16/h5-12,14H,3-4,13H2,1-2H3,(H,21,23). The van der Waals surface area contributed by atoms with Crippen LogP contribution in [0.25, 0.3) is 22.4 Å². The molecule has 0 amide bonds. The van der Waals surface area contributed by atoms with Crippen molar-refractivity contribution in [1.29, 1.82) is 0 Å². The summed E-state index contributed by atoms with van der Waals surface area (Å²) in [7, 11) is 0.